The van der Waals surface area contributed by atoms with E-state index >= 15 is 0 Å². The topological polar surface area (TPSA) is 359 Å². The molecule has 3 aliphatic heterocycles. The molecule has 298 valence electrons. The van der Waals surface area contributed by atoms with E-state index in [4.69, 9.17) is 23.7 Å². The van der Waals surface area contributed by atoms with Gasteiger partial charge >= 0.3 is 11.9 Å². The summed E-state index contributed by atoms with van der Waals surface area (Å²) < 4.78 is 32.7. The fourth-order valence-corrected chi connectivity index (χ4v) is 6.05. The molecular weight excluding hydrogens is 710 g/mol. The van der Waals surface area contributed by atoms with E-state index in [1.54, 1.807) is 0 Å². The van der Waals surface area contributed by atoms with E-state index in [0.29, 0.717) is 0 Å². The summed E-state index contributed by atoms with van der Waals surface area (Å²) in [5.74, 6) is -7.84. The number of carbonyl (C=O) groups excluding carboxylic acids is 4. The minimum Gasteiger partial charge on any atom is -0.477 e. The maximum absolute atomic E-state index is 12.7. The molecule has 3 amide bonds. The third kappa shape index (κ3) is 10.3. The molecule has 0 aromatic heterocycles. The van der Waals surface area contributed by atoms with Crippen molar-refractivity contribution in [3.8, 4) is 0 Å². The first-order valence-corrected chi connectivity index (χ1v) is 16.1. The predicted molar refractivity (Wildman–Crippen MR) is 163 cm³/mol. The van der Waals surface area contributed by atoms with Gasteiger partial charge in [0.05, 0.1) is 25.4 Å². The van der Waals surface area contributed by atoms with Crippen LogP contribution in [0, 0.1) is 0 Å². The largest absolute Gasteiger partial charge is 0.477 e. The van der Waals surface area contributed by atoms with Crippen molar-refractivity contribution >= 4 is 29.7 Å². The zero-order valence-corrected chi connectivity index (χ0v) is 28.5. The number of ether oxygens (including phenoxy) is 6. The summed E-state index contributed by atoms with van der Waals surface area (Å²) in [5.41, 5.74) is 0. The lowest BCUT2D eigenvalue weighted by atomic mass is 9.88. The number of aliphatic hydroxyl groups excluding tert-OH is 8. The zero-order valence-electron chi connectivity index (χ0n) is 28.5. The number of carboxylic acids is 1. The van der Waals surface area contributed by atoms with Gasteiger partial charge < -0.3 is 90.3 Å². The quantitative estimate of drug-likeness (QED) is 0.0732. The van der Waals surface area contributed by atoms with Crippen molar-refractivity contribution in [2.45, 2.75) is 132 Å². The Morgan fingerprint density at radius 2 is 1.38 bits per heavy atom. The third-order valence-corrected chi connectivity index (χ3v) is 8.54. The Balaban J connectivity index is 1.92. The third-order valence-electron chi connectivity index (χ3n) is 8.54. The molecule has 16 atom stereocenters. The molecule has 0 aromatic carbocycles. The lowest BCUT2D eigenvalue weighted by Gasteiger charge is -2.49. The van der Waals surface area contributed by atoms with Crippen molar-refractivity contribution in [2.75, 3.05) is 19.8 Å². The van der Waals surface area contributed by atoms with Crippen LogP contribution in [0.2, 0.25) is 0 Å². The number of esters is 1. The maximum Gasteiger partial charge on any atom is 0.364 e. The van der Waals surface area contributed by atoms with E-state index in [0.717, 1.165) is 27.7 Å². The van der Waals surface area contributed by atoms with Crippen LogP contribution in [0.4, 0.5) is 0 Å². The van der Waals surface area contributed by atoms with E-state index in [1.807, 2.05) is 0 Å². The summed E-state index contributed by atoms with van der Waals surface area (Å²) in [6, 6.07) is -4.66. The summed E-state index contributed by atoms with van der Waals surface area (Å²) in [5, 5.41) is 103. The number of carbonyl (C=O) groups is 5. The number of aliphatic hydroxyl groups is 8. The number of hydrogen-bond acceptors (Lipinski definition) is 19. The van der Waals surface area contributed by atoms with Gasteiger partial charge in [0.1, 0.15) is 73.6 Å². The number of carboxylic acid groups (broad SMARTS) is 1. The van der Waals surface area contributed by atoms with E-state index in [9.17, 15) is 69.9 Å². The normalized spacial score (nSPS) is 39.0. The van der Waals surface area contributed by atoms with Gasteiger partial charge in [-0.3, -0.25) is 19.2 Å². The monoisotopic (exact) mass is 757 g/mol. The summed E-state index contributed by atoms with van der Waals surface area (Å²) in [7, 11) is 0. The van der Waals surface area contributed by atoms with Crippen LogP contribution in [0.5, 0.6) is 0 Å². The molecule has 3 aliphatic rings. The highest BCUT2D eigenvalue weighted by Crippen LogP contribution is 2.35. The Hall–Kier alpha value is -3.17. The van der Waals surface area contributed by atoms with Gasteiger partial charge in [-0.15, -0.1) is 0 Å². The van der Waals surface area contributed by atoms with Crippen molar-refractivity contribution in [1.29, 1.82) is 0 Å². The molecule has 3 saturated heterocycles. The highest BCUT2D eigenvalue weighted by Gasteiger charge is 2.57. The predicted octanol–water partition coefficient (Wildman–Crippen LogP) is -7.37. The van der Waals surface area contributed by atoms with Crippen molar-refractivity contribution in [3.05, 3.63) is 0 Å². The molecule has 0 radical (unpaired) electrons. The molecule has 3 heterocycles. The van der Waals surface area contributed by atoms with Gasteiger partial charge in [-0.25, -0.2) is 4.79 Å². The summed E-state index contributed by atoms with van der Waals surface area (Å²) in [4.78, 5) is 59.7. The van der Waals surface area contributed by atoms with Crippen LogP contribution in [-0.2, 0) is 52.4 Å². The van der Waals surface area contributed by atoms with Crippen molar-refractivity contribution in [3.63, 3.8) is 0 Å². The molecule has 23 heteroatoms. The van der Waals surface area contributed by atoms with Crippen molar-refractivity contribution in [1.82, 2.24) is 16.0 Å². The number of aliphatic carboxylic acids is 1. The van der Waals surface area contributed by atoms with Gasteiger partial charge in [0.2, 0.25) is 17.7 Å². The van der Waals surface area contributed by atoms with Gasteiger partial charge in [-0.1, -0.05) is 0 Å². The van der Waals surface area contributed by atoms with Gasteiger partial charge in [-0.05, 0) is 0 Å². The fourth-order valence-electron chi connectivity index (χ4n) is 6.05. The smallest absolute Gasteiger partial charge is 0.364 e. The lowest BCUT2D eigenvalue weighted by molar-refractivity contribution is -0.342. The molecule has 3 rings (SSSR count). The van der Waals surface area contributed by atoms with Crippen LogP contribution in [0.1, 0.15) is 34.1 Å². The standard InChI is InChI=1S/C29H47N3O20/c1-9(34)30-17-13(38)5-29(28(45)46,52-25(17)20(40)14(39)7-47-12(4)37)48-8-16-22(42)24(19(26(44)49-16)32-11(3)36)51-27-18(31-10(2)35)23(43)21(41)15(6-33)50-27/h13-27,33,38-44H,5-8H2,1-4H3,(H,30,34)(H,31,35)(H,32,36)(H,45,46)/t13-,14+,15+,16+,17+,18+,19+,20+,21+,22-,23+,24+,25+,26?,27-,29+/m0/s1. The van der Waals surface area contributed by atoms with Gasteiger partial charge in [-0.2, -0.15) is 0 Å². The zero-order chi connectivity index (χ0) is 39.2. The van der Waals surface area contributed by atoms with Crippen LogP contribution < -0.4 is 16.0 Å². The van der Waals surface area contributed by atoms with E-state index in [-0.39, 0.29) is 0 Å². The summed E-state index contributed by atoms with van der Waals surface area (Å²) in [6.07, 6.45) is -22.9. The number of nitrogens with one attached hydrogen (secondary N) is 3. The Morgan fingerprint density at radius 1 is 0.808 bits per heavy atom. The Labute approximate surface area is 295 Å². The minimum absolute atomic E-state index is 0.718. The first-order valence-electron chi connectivity index (χ1n) is 16.1. The lowest BCUT2D eigenvalue weighted by Crippen LogP contribution is -2.70. The van der Waals surface area contributed by atoms with E-state index in [1.165, 1.54) is 0 Å². The highest BCUT2D eigenvalue weighted by molar-refractivity contribution is 5.77. The number of hydrogen-bond donors (Lipinski definition) is 12. The van der Waals surface area contributed by atoms with Crippen LogP contribution in [-0.4, -0.2) is 193 Å². The first-order chi connectivity index (χ1) is 24.2. The van der Waals surface area contributed by atoms with Crippen LogP contribution in [0.25, 0.3) is 0 Å². The molecule has 0 aromatic rings. The molecule has 12 N–H and O–H groups in total. The average molecular weight is 758 g/mol. The van der Waals surface area contributed by atoms with Crippen molar-refractivity contribution in [2.24, 2.45) is 0 Å². The average Bonchev–Trinajstić information content (AvgIpc) is 3.05. The van der Waals surface area contributed by atoms with Crippen molar-refractivity contribution < 1.29 is 98.4 Å². The Morgan fingerprint density at radius 3 is 1.92 bits per heavy atom. The first kappa shape index (κ1) is 43.2. The molecule has 23 nitrogen and oxygen atoms in total. The molecule has 1 unspecified atom stereocenters. The highest BCUT2D eigenvalue weighted by atomic mass is 16.7. The SMILES string of the molecule is CC(=O)N[C@H]1[C@H](O[C@H]2[C@@H](O)[C@@H](CO[C@]3(C(=O)O)C[C@H](O)[C@@H](NC(C)=O)[C@H]([C@H](O)[C@H](O)COC(C)=O)O3)OC(O)[C@@H]2NC(C)=O)O[C@H](CO)[C@@H](O)[C@@H]1O. The second kappa shape index (κ2) is 18.2. The Bertz CT molecular complexity index is 1280. The molecule has 3 fully saturated rings. The fraction of sp³-hybridized carbons (Fsp3) is 0.828. The van der Waals surface area contributed by atoms with Crippen LogP contribution in [0.15, 0.2) is 0 Å². The van der Waals surface area contributed by atoms with Gasteiger partial charge in [0, 0.05) is 34.1 Å². The number of amides is 3. The van der Waals surface area contributed by atoms with Crippen LogP contribution >= 0.6 is 0 Å². The molecular formula is C29H47N3O20. The van der Waals surface area contributed by atoms with Gasteiger partial charge in [0.15, 0.2) is 12.6 Å². The molecule has 0 spiro atoms. The van der Waals surface area contributed by atoms with Gasteiger partial charge in [0.25, 0.3) is 5.79 Å². The van der Waals surface area contributed by atoms with Crippen LogP contribution in [0.3, 0.4) is 0 Å². The maximum atomic E-state index is 12.7. The minimum atomic E-state index is -2.89. The molecule has 0 bridgehead atoms. The molecule has 0 aliphatic carbocycles. The second-order valence-electron chi connectivity index (χ2n) is 12.6. The number of rotatable bonds is 14. The Kier molecular flexibility index (Phi) is 15.2. The summed E-state index contributed by atoms with van der Waals surface area (Å²) in [6.45, 7) is 1.56. The molecule has 0 saturated carbocycles. The summed E-state index contributed by atoms with van der Waals surface area (Å²) >= 11 is 0. The van der Waals surface area contributed by atoms with E-state index < -0.39 is 153 Å². The van der Waals surface area contributed by atoms with E-state index in [2.05, 4.69) is 20.7 Å². The second-order valence-corrected chi connectivity index (χ2v) is 12.6. The molecule has 52 heavy (non-hydrogen) atoms.